The van der Waals surface area contributed by atoms with Crippen molar-refractivity contribution in [3.05, 3.63) is 41.7 Å². The van der Waals surface area contributed by atoms with E-state index in [9.17, 15) is 4.79 Å². The number of hydrogen-bond acceptors (Lipinski definition) is 4. The molecule has 1 aromatic carbocycles. The van der Waals surface area contributed by atoms with Crippen LogP contribution < -0.4 is 5.73 Å². The molecule has 0 saturated carbocycles. The molecular weight excluding hydrogens is 292 g/mol. The Hall–Kier alpha value is -2.18. The lowest BCUT2D eigenvalue weighted by Gasteiger charge is -2.35. The van der Waals surface area contributed by atoms with Crippen molar-refractivity contribution in [1.29, 1.82) is 0 Å². The topological polar surface area (TPSA) is 84.2 Å². The number of carbonyl (C=O) groups excluding carboxylic acids is 1. The first-order valence-electron chi connectivity index (χ1n) is 7.80. The van der Waals surface area contributed by atoms with Crippen molar-refractivity contribution >= 4 is 5.91 Å². The van der Waals surface area contributed by atoms with Crippen LogP contribution in [0, 0.1) is 6.92 Å². The maximum absolute atomic E-state index is 12.8. The Morgan fingerprint density at radius 1 is 1.39 bits per heavy atom. The number of rotatable bonds is 3. The smallest absolute Gasteiger partial charge is 0.274 e. The van der Waals surface area contributed by atoms with Gasteiger partial charge in [-0.2, -0.15) is 0 Å². The Kier molecular flexibility index (Phi) is 4.45. The number of carbonyl (C=O) groups is 1. The molecular formula is C17H22N4O2. The summed E-state index contributed by atoms with van der Waals surface area (Å²) in [5.41, 5.74) is 8.22. The number of nitrogens with zero attached hydrogens (tertiary/aromatic N) is 2. The maximum atomic E-state index is 12.8. The average molecular weight is 314 g/mol. The number of ether oxygens (including phenoxy) is 1. The van der Waals surface area contributed by atoms with E-state index in [0.29, 0.717) is 24.6 Å². The molecule has 2 heterocycles. The van der Waals surface area contributed by atoms with Crippen molar-refractivity contribution in [1.82, 2.24) is 14.9 Å². The molecule has 1 aromatic heterocycles. The van der Waals surface area contributed by atoms with E-state index in [-0.39, 0.29) is 18.1 Å². The lowest BCUT2D eigenvalue weighted by molar-refractivity contribution is 0.0159. The van der Waals surface area contributed by atoms with Crippen LogP contribution >= 0.6 is 0 Å². The van der Waals surface area contributed by atoms with Crippen molar-refractivity contribution in [3.63, 3.8) is 0 Å². The van der Waals surface area contributed by atoms with Crippen molar-refractivity contribution in [3.8, 4) is 11.4 Å². The summed E-state index contributed by atoms with van der Waals surface area (Å²) >= 11 is 0. The van der Waals surface area contributed by atoms with E-state index in [1.165, 1.54) is 0 Å². The van der Waals surface area contributed by atoms with Gasteiger partial charge in [-0.1, -0.05) is 30.3 Å². The number of H-pyrrole nitrogens is 1. The number of nitrogens with one attached hydrogen (secondary N) is 1. The van der Waals surface area contributed by atoms with Gasteiger partial charge >= 0.3 is 0 Å². The molecule has 2 atom stereocenters. The summed E-state index contributed by atoms with van der Waals surface area (Å²) in [4.78, 5) is 22.3. The molecule has 1 fully saturated rings. The minimum Gasteiger partial charge on any atom is -0.378 e. The van der Waals surface area contributed by atoms with Crippen molar-refractivity contribution in [2.45, 2.75) is 25.5 Å². The summed E-state index contributed by atoms with van der Waals surface area (Å²) in [6.45, 7) is 3.01. The quantitative estimate of drug-likeness (QED) is 0.901. The SMILES string of the molecule is CO[C@H]1CN(C(=O)c2nc(-c3ccccc3)[nH]c2C)CC[C@H]1N. The fourth-order valence-corrected chi connectivity index (χ4v) is 2.92. The van der Waals surface area contributed by atoms with Crippen LogP contribution in [-0.4, -0.2) is 53.1 Å². The second kappa shape index (κ2) is 6.52. The number of amides is 1. The van der Waals surface area contributed by atoms with Gasteiger partial charge in [-0.3, -0.25) is 4.79 Å². The number of likely N-dealkylation sites (tertiary alicyclic amines) is 1. The third-order valence-corrected chi connectivity index (χ3v) is 4.33. The van der Waals surface area contributed by atoms with E-state index in [2.05, 4.69) is 9.97 Å². The molecule has 0 aliphatic carbocycles. The zero-order chi connectivity index (χ0) is 16.4. The number of benzene rings is 1. The first-order valence-corrected chi connectivity index (χ1v) is 7.80. The second-order valence-corrected chi connectivity index (χ2v) is 5.90. The van der Waals surface area contributed by atoms with Gasteiger partial charge in [0.15, 0.2) is 0 Å². The highest BCUT2D eigenvalue weighted by Gasteiger charge is 2.31. The summed E-state index contributed by atoms with van der Waals surface area (Å²) in [6, 6.07) is 9.76. The largest absolute Gasteiger partial charge is 0.378 e. The van der Waals surface area contributed by atoms with Crippen molar-refractivity contribution in [2.24, 2.45) is 5.73 Å². The van der Waals surface area contributed by atoms with Gasteiger partial charge in [0.2, 0.25) is 0 Å². The van der Waals surface area contributed by atoms with Gasteiger partial charge in [0.25, 0.3) is 5.91 Å². The van der Waals surface area contributed by atoms with Crippen LogP contribution in [0.2, 0.25) is 0 Å². The van der Waals surface area contributed by atoms with Gasteiger partial charge in [-0.25, -0.2) is 4.98 Å². The number of imidazole rings is 1. The molecule has 23 heavy (non-hydrogen) atoms. The Labute approximate surface area is 135 Å². The molecule has 3 rings (SSSR count). The summed E-state index contributed by atoms with van der Waals surface area (Å²) in [5.74, 6) is 0.637. The van der Waals surface area contributed by atoms with Crippen LogP contribution in [0.3, 0.4) is 0 Å². The number of aromatic amines is 1. The molecule has 122 valence electrons. The Morgan fingerprint density at radius 2 is 2.13 bits per heavy atom. The number of nitrogens with two attached hydrogens (primary N) is 1. The minimum absolute atomic E-state index is 0.0239. The summed E-state index contributed by atoms with van der Waals surface area (Å²) in [6.07, 6.45) is 0.611. The highest BCUT2D eigenvalue weighted by molar-refractivity contribution is 5.94. The van der Waals surface area contributed by atoms with Gasteiger partial charge in [0.1, 0.15) is 11.5 Å². The zero-order valence-electron chi connectivity index (χ0n) is 13.5. The van der Waals surface area contributed by atoms with E-state index in [0.717, 1.165) is 17.7 Å². The predicted molar refractivity (Wildman–Crippen MR) is 88.1 cm³/mol. The highest BCUT2D eigenvalue weighted by Crippen LogP contribution is 2.20. The molecule has 0 radical (unpaired) electrons. The fraction of sp³-hybridized carbons (Fsp3) is 0.412. The van der Waals surface area contributed by atoms with Crippen LogP contribution in [0.25, 0.3) is 11.4 Å². The highest BCUT2D eigenvalue weighted by atomic mass is 16.5. The van der Waals surface area contributed by atoms with Gasteiger partial charge in [0, 0.05) is 37.5 Å². The van der Waals surface area contributed by atoms with Gasteiger partial charge in [-0.15, -0.1) is 0 Å². The fourth-order valence-electron chi connectivity index (χ4n) is 2.92. The molecule has 1 amide bonds. The lowest BCUT2D eigenvalue weighted by Crippen LogP contribution is -2.53. The Bertz CT molecular complexity index is 683. The molecule has 0 unspecified atom stereocenters. The van der Waals surface area contributed by atoms with Crippen LogP contribution in [0.5, 0.6) is 0 Å². The predicted octanol–water partition coefficient (Wildman–Crippen LogP) is 1.57. The summed E-state index contributed by atoms with van der Waals surface area (Å²) < 4.78 is 5.38. The molecule has 6 nitrogen and oxygen atoms in total. The maximum Gasteiger partial charge on any atom is 0.274 e. The standard InChI is InChI=1S/C17H22N4O2/c1-11-15(20-16(19-11)12-6-4-3-5-7-12)17(22)21-9-8-13(18)14(10-21)23-2/h3-7,13-14H,8-10,18H2,1-2H3,(H,19,20)/t13-,14+/m1/s1. The molecule has 1 aliphatic rings. The average Bonchev–Trinajstić information content (AvgIpc) is 2.97. The zero-order valence-corrected chi connectivity index (χ0v) is 13.5. The first-order chi connectivity index (χ1) is 11.1. The minimum atomic E-state index is -0.124. The lowest BCUT2D eigenvalue weighted by atomic mass is 10.0. The van der Waals surface area contributed by atoms with E-state index in [1.54, 1.807) is 12.0 Å². The number of hydrogen-bond donors (Lipinski definition) is 2. The van der Waals surface area contributed by atoms with E-state index < -0.39 is 0 Å². The van der Waals surface area contributed by atoms with Crippen LogP contribution in [0.4, 0.5) is 0 Å². The molecule has 0 bridgehead atoms. The number of piperidine rings is 1. The molecule has 2 aromatic rings. The van der Waals surface area contributed by atoms with Crippen molar-refractivity contribution in [2.75, 3.05) is 20.2 Å². The van der Waals surface area contributed by atoms with Gasteiger partial charge in [0.05, 0.1) is 6.10 Å². The van der Waals surface area contributed by atoms with E-state index >= 15 is 0 Å². The van der Waals surface area contributed by atoms with Crippen molar-refractivity contribution < 1.29 is 9.53 Å². The third kappa shape index (κ3) is 3.13. The summed E-state index contributed by atoms with van der Waals surface area (Å²) in [7, 11) is 1.63. The Morgan fingerprint density at radius 3 is 2.83 bits per heavy atom. The molecule has 1 aliphatic heterocycles. The number of methoxy groups -OCH3 is 1. The van der Waals surface area contributed by atoms with Gasteiger partial charge in [-0.05, 0) is 13.3 Å². The molecule has 6 heteroatoms. The van der Waals surface area contributed by atoms with Crippen LogP contribution in [-0.2, 0) is 4.74 Å². The molecule has 1 saturated heterocycles. The van der Waals surface area contributed by atoms with E-state index in [1.807, 2.05) is 37.3 Å². The molecule has 3 N–H and O–H groups in total. The number of aromatic nitrogens is 2. The Balaban J connectivity index is 1.82. The monoisotopic (exact) mass is 314 g/mol. The van der Waals surface area contributed by atoms with Gasteiger partial charge < -0.3 is 20.4 Å². The summed E-state index contributed by atoms with van der Waals surface area (Å²) in [5, 5.41) is 0. The number of aryl methyl sites for hydroxylation is 1. The van der Waals surface area contributed by atoms with E-state index in [4.69, 9.17) is 10.5 Å². The molecule has 0 spiro atoms. The third-order valence-electron chi connectivity index (χ3n) is 4.33. The van der Waals surface area contributed by atoms with Crippen LogP contribution in [0.1, 0.15) is 22.6 Å². The normalized spacial score (nSPS) is 21.4. The second-order valence-electron chi connectivity index (χ2n) is 5.90. The first kappa shape index (κ1) is 15.7. The van der Waals surface area contributed by atoms with Crippen LogP contribution in [0.15, 0.2) is 30.3 Å².